The van der Waals surface area contributed by atoms with Gasteiger partial charge in [0.05, 0.1) is 5.69 Å². The van der Waals surface area contributed by atoms with Crippen LogP contribution in [0.25, 0.3) is 39.0 Å². The number of aryl methyl sites for hydroxylation is 1. The molecule has 0 N–H and O–H groups in total. The lowest BCUT2D eigenvalue weighted by Crippen LogP contribution is -2.29. The Labute approximate surface area is 256 Å². The van der Waals surface area contributed by atoms with E-state index in [1.165, 1.54) is 22.5 Å². The van der Waals surface area contributed by atoms with E-state index in [9.17, 15) is 17.0 Å². The maximum Gasteiger partial charge on any atom is 0.280 e. The highest BCUT2D eigenvalue weighted by atomic mass is 32.2. The van der Waals surface area contributed by atoms with Crippen LogP contribution in [0, 0.1) is 12.7 Å². The number of halogens is 3. The maximum absolute atomic E-state index is 14.6. The summed E-state index contributed by atoms with van der Waals surface area (Å²) in [5.41, 5.74) is 5.69. The van der Waals surface area contributed by atoms with Crippen molar-refractivity contribution in [2.75, 3.05) is 13.1 Å². The molecule has 1 saturated carbocycles. The van der Waals surface area contributed by atoms with Crippen LogP contribution >= 0.6 is 24.7 Å². The lowest BCUT2D eigenvalue weighted by molar-refractivity contribution is 0.218. The maximum atomic E-state index is 14.6. The third-order valence-electron chi connectivity index (χ3n) is 8.57. The van der Waals surface area contributed by atoms with Gasteiger partial charge in [-0.2, -0.15) is 9.19 Å². The van der Waals surface area contributed by atoms with Gasteiger partial charge in [0.1, 0.15) is 11.3 Å². The molecule has 5 aromatic rings. The Morgan fingerprint density at radius 2 is 1.77 bits per heavy atom. The molecule has 1 aliphatic heterocycles. The Balaban J connectivity index is 1.36. The van der Waals surface area contributed by atoms with Gasteiger partial charge in [-0.3, -0.25) is 18.2 Å². The second-order valence-electron chi connectivity index (χ2n) is 11.5. The summed E-state index contributed by atoms with van der Waals surface area (Å²) in [7, 11) is 0. The molecule has 43 heavy (non-hydrogen) atoms. The molecule has 3 aromatic heterocycles. The highest BCUT2D eigenvalue weighted by Crippen LogP contribution is 2.44. The monoisotopic (exact) mass is 621 g/mol. The first-order chi connectivity index (χ1) is 20.9. The minimum Gasteiger partial charge on any atom is -0.298 e. The number of pyridine rings is 1. The number of benzene rings is 2. The van der Waals surface area contributed by atoms with Gasteiger partial charge in [0.15, 0.2) is 24.7 Å². The van der Waals surface area contributed by atoms with E-state index < -0.39 is 5.82 Å². The Kier molecular flexibility index (Phi) is 7.65. The molecule has 7 rings (SSSR count). The van der Waals surface area contributed by atoms with E-state index in [4.69, 9.17) is 0 Å². The summed E-state index contributed by atoms with van der Waals surface area (Å²) >= 11 is 0.0591. The van der Waals surface area contributed by atoms with Crippen molar-refractivity contribution in [2.24, 2.45) is 0 Å². The average molecular weight is 622 g/mol. The zero-order valence-corrected chi connectivity index (χ0v) is 25.2. The first-order valence-corrected chi connectivity index (χ1v) is 15.9. The predicted molar refractivity (Wildman–Crippen MR) is 168 cm³/mol. The topological polar surface area (TPSA) is 48.0 Å². The van der Waals surface area contributed by atoms with Gasteiger partial charge in [-0.25, -0.2) is 4.39 Å². The van der Waals surface area contributed by atoms with Crippen LogP contribution in [-0.2, 0) is 6.54 Å². The molecule has 0 bridgehead atoms. The van der Waals surface area contributed by atoms with Crippen molar-refractivity contribution in [2.45, 2.75) is 51.5 Å². The summed E-state index contributed by atoms with van der Waals surface area (Å²) in [5, 5.41) is 5.12. The largest absolute Gasteiger partial charge is 0.298 e. The van der Waals surface area contributed by atoms with Crippen LogP contribution in [0.5, 0.6) is 0 Å². The molecule has 11 heteroatoms. The Hall–Kier alpha value is -3.41. The van der Waals surface area contributed by atoms with Crippen LogP contribution < -0.4 is 5.56 Å². The Morgan fingerprint density at radius 1 is 0.953 bits per heavy atom. The zero-order valence-electron chi connectivity index (χ0n) is 23.6. The van der Waals surface area contributed by atoms with Crippen molar-refractivity contribution in [1.82, 2.24) is 22.6 Å². The van der Waals surface area contributed by atoms with E-state index in [0.29, 0.717) is 46.1 Å². The minimum atomic E-state index is -0.433. The van der Waals surface area contributed by atoms with Gasteiger partial charge in [-0.1, -0.05) is 24.6 Å². The number of likely N-dealkylation sites (tertiary alicyclic amines) is 1. The summed E-state index contributed by atoms with van der Waals surface area (Å²) in [6.45, 7) is 4.35. The fourth-order valence-corrected chi connectivity index (χ4v) is 7.07. The second-order valence-corrected chi connectivity index (χ2v) is 12.5. The smallest absolute Gasteiger partial charge is 0.280 e. The van der Waals surface area contributed by atoms with E-state index in [2.05, 4.69) is 10.00 Å². The lowest BCUT2D eigenvalue weighted by atomic mass is 9.95. The standard InChI is InChI=1S/C32H30F3N5OS2/c1-20-17-39(42-34)36-30(20)27-15-23(33)10-11-26(27)22-6-5-7-24(14-22)38-19-29(21-8-9-21)28-16-25(18-37-12-3-2-4-13-37)40(43-35)31(28)32(38)41/h5-7,10-11,14-17,19,21H,2-4,8-9,12-13,18H2,1H3. The minimum absolute atomic E-state index is 0.0299. The van der Waals surface area contributed by atoms with E-state index in [-0.39, 0.29) is 30.2 Å². The van der Waals surface area contributed by atoms with E-state index >= 15 is 0 Å². The van der Waals surface area contributed by atoms with Crippen molar-refractivity contribution in [3.8, 4) is 28.1 Å². The van der Waals surface area contributed by atoms with Crippen molar-refractivity contribution in [3.05, 3.63) is 93.9 Å². The fourth-order valence-electron chi connectivity index (χ4n) is 6.32. The molecular weight excluding hydrogens is 592 g/mol. The van der Waals surface area contributed by atoms with Gasteiger partial charge in [0.2, 0.25) is 0 Å². The van der Waals surface area contributed by atoms with Gasteiger partial charge >= 0.3 is 0 Å². The van der Waals surface area contributed by atoms with E-state index in [1.54, 1.807) is 23.8 Å². The molecule has 0 spiro atoms. The summed E-state index contributed by atoms with van der Waals surface area (Å²) in [5.74, 6) is -0.103. The summed E-state index contributed by atoms with van der Waals surface area (Å²) in [4.78, 5) is 16.5. The van der Waals surface area contributed by atoms with Crippen LogP contribution in [-0.4, -0.2) is 35.7 Å². The number of fused-ring (bicyclic) bond motifs is 1. The quantitative estimate of drug-likeness (QED) is 0.174. The van der Waals surface area contributed by atoms with Crippen LogP contribution in [0.15, 0.2) is 65.7 Å². The molecule has 2 aliphatic rings. The summed E-state index contributed by atoms with van der Waals surface area (Å²) < 4.78 is 46.5. The third kappa shape index (κ3) is 5.32. The molecular formula is C32H30F3N5OS2. The first-order valence-electron chi connectivity index (χ1n) is 14.5. The van der Waals surface area contributed by atoms with Gasteiger partial charge in [0, 0.05) is 41.3 Å². The number of rotatable bonds is 8. The van der Waals surface area contributed by atoms with Crippen LogP contribution in [0.4, 0.5) is 12.2 Å². The molecule has 1 aliphatic carbocycles. The molecule has 222 valence electrons. The molecule has 0 radical (unpaired) electrons. The zero-order chi connectivity index (χ0) is 29.7. The number of hydrogen-bond donors (Lipinski definition) is 0. The van der Waals surface area contributed by atoms with Gasteiger partial charge < -0.3 is 0 Å². The van der Waals surface area contributed by atoms with E-state index in [1.807, 2.05) is 36.5 Å². The van der Waals surface area contributed by atoms with Crippen LogP contribution in [0.1, 0.15) is 54.8 Å². The molecule has 0 atom stereocenters. The fraction of sp³-hybridized carbons (Fsp3) is 0.312. The number of nitrogens with zero attached hydrogens (tertiary/aromatic N) is 5. The normalized spacial score (nSPS) is 15.9. The number of piperidine rings is 1. The van der Waals surface area contributed by atoms with Crippen LogP contribution in [0.3, 0.4) is 0 Å². The predicted octanol–water partition coefficient (Wildman–Crippen LogP) is 8.40. The second kappa shape index (κ2) is 11.6. The number of aromatic nitrogens is 4. The van der Waals surface area contributed by atoms with Crippen molar-refractivity contribution >= 4 is 35.6 Å². The highest BCUT2D eigenvalue weighted by molar-refractivity contribution is 7.93. The van der Waals surface area contributed by atoms with Gasteiger partial charge in [-0.05, 0) is 104 Å². The van der Waals surface area contributed by atoms with Crippen LogP contribution in [0.2, 0.25) is 0 Å². The number of hydrogen-bond acceptors (Lipinski definition) is 5. The van der Waals surface area contributed by atoms with Gasteiger partial charge in [-0.15, -0.1) is 7.77 Å². The Morgan fingerprint density at radius 3 is 2.49 bits per heavy atom. The molecule has 6 nitrogen and oxygen atoms in total. The molecule has 2 fully saturated rings. The first kappa shape index (κ1) is 28.4. The molecule has 0 amide bonds. The van der Waals surface area contributed by atoms with E-state index in [0.717, 1.165) is 65.1 Å². The lowest BCUT2D eigenvalue weighted by Gasteiger charge is -2.26. The molecule has 0 unspecified atom stereocenters. The molecule has 2 aromatic carbocycles. The van der Waals surface area contributed by atoms with Crippen molar-refractivity contribution in [1.29, 1.82) is 0 Å². The average Bonchev–Trinajstić information content (AvgIpc) is 3.70. The summed E-state index contributed by atoms with van der Waals surface area (Å²) in [6, 6.07) is 13.9. The van der Waals surface area contributed by atoms with Crippen molar-refractivity contribution in [3.63, 3.8) is 0 Å². The molecule has 1 saturated heterocycles. The third-order valence-corrected chi connectivity index (χ3v) is 9.45. The summed E-state index contributed by atoms with van der Waals surface area (Å²) in [6.07, 6.45) is 9.00. The molecule has 4 heterocycles. The Bertz CT molecular complexity index is 1890. The highest BCUT2D eigenvalue weighted by Gasteiger charge is 2.30. The van der Waals surface area contributed by atoms with Crippen molar-refractivity contribution < 1.29 is 12.2 Å². The SMILES string of the molecule is Cc1cn(SF)nc1-c1cc(F)ccc1-c1cccc(-n2cc(C3CC3)c3cc(CN4CCCCC4)n(SF)c3c2=O)c1. The van der Waals surface area contributed by atoms with Gasteiger partial charge in [0.25, 0.3) is 5.56 Å².